The van der Waals surface area contributed by atoms with Gasteiger partial charge in [0.2, 0.25) is 0 Å². The largest absolute Gasteiger partial charge is 0.301 e. The first kappa shape index (κ1) is 16.5. The maximum atomic E-state index is 4.57. The van der Waals surface area contributed by atoms with Crippen LogP contribution in [0.3, 0.4) is 0 Å². The molecule has 27 heavy (non-hydrogen) atoms. The first-order valence-electron chi connectivity index (χ1n) is 9.31. The molecule has 0 amide bonds. The second-order valence-corrected chi connectivity index (χ2v) is 7.91. The van der Waals surface area contributed by atoms with Crippen molar-refractivity contribution in [3.8, 4) is 0 Å². The van der Waals surface area contributed by atoms with Crippen LogP contribution >= 0.6 is 11.8 Å². The van der Waals surface area contributed by atoms with E-state index in [1.807, 2.05) is 12.3 Å². The Morgan fingerprint density at radius 1 is 0.926 bits per heavy atom. The molecule has 4 nitrogen and oxygen atoms in total. The SMILES string of the molecule is c1ccc(Cn2c(SCc3cccc4cccnc34)nnc2C2CC2)cc1. The molecule has 5 rings (SSSR count). The number of pyridine rings is 1. The minimum Gasteiger partial charge on any atom is -0.301 e. The van der Waals surface area contributed by atoms with Crippen LogP contribution in [0.2, 0.25) is 0 Å². The average Bonchev–Trinajstić information content (AvgIpc) is 3.49. The van der Waals surface area contributed by atoms with Crippen LogP contribution in [0.25, 0.3) is 10.9 Å². The molecule has 0 saturated heterocycles. The highest BCUT2D eigenvalue weighted by Crippen LogP contribution is 2.40. The number of benzene rings is 2. The Hall–Kier alpha value is -2.66. The summed E-state index contributed by atoms with van der Waals surface area (Å²) in [5.41, 5.74) is 3.59. The van der Waals surface area contributed by atoms with E-state index in [2.05, 4.69) is 74.3 Å². The van der Waals surface area contributed by atoms with Crippen LogP contribution in [-0.2, 0) is 12.3 Å². The highest BCUT2D eigenvalue weighted by molar-refractivity contribution is 7.98. The van der Waals surface area contributed by atoms with Crippen LogP contribution in [-0.4, -0.2) is 19.7 Å². The molecule has 4 aromatic rings. The first-order valence-corrected chi connectivity index (χ1v) is 10.3. The van der Waals surface area contributed by atoms with Crippen LogP contribution in [0.1, 0.15) is 35.7 Å². The zero-order valence-electron chi connectivity index (χ0n) is 15.0. The van der Waals surface area contributed by atoms with Gasteiger partial charge in [0.1, 0.15) is 5.82 Å². The van der Waals surface area contributed by atoms with Crippen molar-refractivity contribution in [2.24, 2.45) is 0 Å². The zero-order valence-corrected chi connectivity index (χ0v) is 15.8. The van der Waals surface area contributed by atoms with E-state index in [0.717, 1.165) is 28.8 Å². The Labute approximate surface area is 162 Å². The summed E-state index contributed by atoms with van der Waals surface area (Å²) in [4.78, 5) is 4.57. The van der Waals surface area contributed by atoms with Crippen LogP contribution in [0.5, 0.6) is 0 Å². The monoisotopic (exact) mass is 372 g/mol. The van der Waals surface area contributed by atoms with Crippen molar-refractivity contribution in [1.29, 1.82) is 0 Å². The highest BCUT2D eigenvalue weighted by Gasteiger charge is 2.30. The van der Waals surface area contributed by atoms with Gasteiger partial charge in [0.05, 0.1) is 12.1 Å². The van der Waals surface area contributed by atoms with Crippen LogP contribution in [0, 0.1) is 0 Å². The van der Waals surface area contributed by atoms with Gasteiger partial charge in [-0.1, -0.05) is 66.4 Å². The molecule has 1 aliphatic carbocycles. The number of rotatable bonds is 6. The predicted octanol–water partition coefficient (Wildman–Crippen LogP) is 5.04. The number of nitrogens with zero attached hydrogens (tertiary/aromatic N) is 4. The number of hydrogen-bond donors (Lipinski definition) is 0. The van der Waals surface area contributed by atoms with Gasteiger partial charge in [0.25, 0.3) is 0 Å². The molecule has 0 atom stereocenters. The van der Waals surface area contributed by atoms with Crippen molar-refractivity contribution >= 4 is 22.7 Å². The molecule has 0 aliphatic heterocycles. The molecule has 134 valence electrons. The topological polar surface area (TPSA) is 43.6 Å². The Morgan fingerprint density at radius 3 is 2.63 bits per heavy atom. The van der Waals surface area contributed by atoms with E-state index in [1.54, 1.807) is 11.8 Å². The summed E-state index contributed by atoms with van der Waals surface area (Å²) in [5, 5.41) is 11.2. The minimum atomic E-state index is 0.579. The molecule has 0 spiro atoms. The zero-order chi connectivity index (χ0) is 18.1. The normalized spacial score (nSPS) is 13.9. The molecular weight excluding hydrogens is 352 g/mol. The molecule has 0 N–H and O–H groups in total. The lowest BCUT2D eigenvalue weighted by molar-refractivity contribution is 0.667. The molecular formula is C22H20N4S. The van der Waals surface area contributed by atoms with Gasteiger partial charge in [0, 0.05) is 23.3 Å². The van der Waals surface area contributed by atoms with E-state index in [9.17, 15) is 0 Å². The Bertz CT molecular complexity index is 1060. The fraction of sp³-hybridized carbons (Fsp3) is 0.227. The van der Waals surface area contributed by atoms with Crippen molar-refractivity contribution in [2.75, 3.05) is 0 Å². The molecule has 2 heterocycles. The smallest absolute Gasteiger partial charge is 0.191 e. The third-order valence-electron chi connectivity index (χ3n) is 4.94. The second kappa shape index (κ2) is 7.16. The van der Waals surface area contributed by atoms with Gasteiger partial charge < -0.3 is 4.57 Å². The summed E-state index contributed by atoms with van der Waals surface area (Å²) in [6, 6.07) is 21.0. The molecule has 0 unspecified atom stereocenters. The van der Waals surface area contributed by atoms with Gasteiger partial charge in [-0.3, -0.25) is 4.98 Å². The molecule has 0 bridgehead atoms. The lowest BCUT2D eigenvalue weighted by atomic mass is 10.1. The van der Waals surface area contributed by atoms with Gasteiger partial charge in [-0.25, -0.2) is 0 Å². The van der Waals surface area contributed by atoms with Crippen molar-refractivity contribution < 1.29 is 0 Å². The van der Waals surface area contributed by atoms with Gasteiger partial charge in [-0.2, -0.15) is 0 Å². The number of fused-ring (bicyclic) bond motifs is 1. The summed E-state index contributed by atoms with van der Waals surface area (Å²) < 4.78 is 2.30. The Kier molecular flexibility index (Phi) is 4.38. The maximum Gasteiger partial charge on any atom is 0.191 e. The summed E-state index contributed by atoms with van der Waals surface area (Å²) in [6.45, 7) is 0.829. The molecule has 2 aromatic carbocycles. The summed E-state index contributed by atoms with van der Waals surface area (Å²) in [5.74, 6) is 2.55. The summed E-state index contributed by atoms with van der Waals surface area (Å²) in [7, 11) is 0. The van der Waals surface area contributed by atoms with Crippen molar-refractivity contribution in [3.63, 3.8) is 0 Å². The van der Waals surface area contributed by atoms with Crippen LogP contribution in [0.15, 0.2) is 72.0 Å². The van der Waals surface area contributed by atoms with Crippen molar-refractivity contribution in [1.82, 2.24) is 19.7 Å². The average molecular weight is 372 g/mol. The van der Waals surface area contributed by atoms with Crippen LogP contribution < -0.4 is 0 Å². The first-order chi connectivity index (χ1) is 13.4. The third-order valence-corrected chi connectivity index (χ3v) is 5.96. The highest BCUT2D eigenvalue weighted by atomic mass is 32.2. The lowest BCUT2D eigenvalue weighted by Crippen LogP contribution is -2.06. The number of hydrogen-bond acceptors (Lipinski definition) is 4. The molecule has 1 aliphatic rings. The van der Waals surface area contributed by atoms with E-state index < -0.39 is 0 Å². The Morgan fingerprint density at radius 2 is 1.78 bits per heavy atom. The molecule has 5 heteroatoms. The molecule has 0 radical (unpaired) electrons. The Balaban J connectivity index is 1.43. The molecule has 1 fully saturated rings. The molecule has 1 saturated carbocycles. The van der Waals surface area contributed by atoms with E-state index in [0.29, 0.717) is 5.92 Å². The van der Waals surface area contributed by atoms with Gasteiger partial charge >= 0.3 is 0 Å². The van der Waals surface area contributed by atoms with E-state index in [-0.39, 0.29) is 0 Å². The maximum absolute atomic E-state index is 4.57. The van der Waals surface area contributed by atoms with E-state index >= 15 is 0 Å². The predicted molar refractivity (Wildman–Crippen MR) is 109 cm³/mol. The fourth-order valence-electron chi connectivity index (χ4n) is 3.39. The number of para-hydroxylation sites is 1. The van der Waals surface area contributed by atoms with Gasteiger partial charge in [-0.15, -0.1) is 10.2 Å². The summed E-state index contributed by atoms with van der Waals surface area (Å²) >= 11 is 1.75. The van der Waals surface area contributed by atoms with Crippen molar-refractivity contribution in [2.45, 2.75) is 36.2 Å². The summed E-state index contributed by atoms with van der Waals surface area (Å²) in [6.07, 6.45) is 4.31. The number of aromatic nitrogens is 4. The fourth-order valence-corrected chi connectivity index (χ4v) is 4.32. The van der Waals surface area contributed by atoms with Crippen LogP contribution in [0.4, 0.5) is 0 Å². The van der Waals surface area contributed by atoms with Crippen molar-refractivity contribution in [3.05, 3.63) is 83.8 Å². The quantitative estimate of drug-likeness (QED) is 0.445. The third kappa shape index (κ3) is 3.47. The standard InChI is InChI=1S/C22H20N4S/c1-2-6-16(7-3-1)14-26-21(18-11-12-18)24-25-22(26)27-15-19-9-4-8-17-10-5-13-23-20(17)19/h1-10,13,18H,11-12,14-15H2. The minimum absolute atomic E-state index is 0.579. The molecule has 2 aromatic heterocycles. The van der Waals surface area contributed by atoms with Gasteiger partial charge in [0.15, 0.2) is 5.16 Å². The van der Waals surface area contributed by atoms with Gasteiger partial charge in [-0.05, 0) is 30.0 Å². The van der Waals surface area contributed by atoms with E-state index in [4.69, 9.17) is 0 Å². The number of thioether (sulfide) groups is 1. The lowest BCUT2D eigenvalue weighted by Gasteiger charge is -2.10. The van der Waals surface area contributed by atoms with E-state index in [1.165, 1.54) is 29.4 Å². The second-order valence-electron chi connectivity index (χ2n) is 6.97.